The van der Waals surface area contributed by atoms with Crippen LogP contribution in [-0.2, 0) is 9.53 Å². The zero-order valence-corrected chi connectivity index (χ0v) is 12.0. The highest BCUT2D eigenvalue weighted by atomic mass is 32.1. The van der Waals surface area contributed by atoms with Crippen LogP contribution in [0.4, 0.5) is 0 Å². The van der Waals surface area contributed by atoms with Gasteiger partial charge in [-0.1, -0.05) is 44.2 Å². The molecule has 0 aliphatic heterocycles. The molecule has 0 saturated carbocycles. The Morgan fingerprint density at radius 1 is 1.28 bits per heavy atom. The molecule has 0 amide bonds. The number of rotatable bonds is 5. The minimum absolute atomic E-state index is 0.0745. The van der Waals surface area contributed by atoms with Gasteiger partial charge in [0, 0.05) is 5.25 Å². The third-order valence-corrected chi connectivity index (χ3v) is 2.82. The van der Waals surface area contributed by atoms with E-state index in [1.807, 2.05) is 45.1 Å². The lowest BCUT2D eigenvalue weighted by Crippen LogP contribution is -2.11. The van der Waals surface area contributed by atoms with E-state index in [0.717, 1.165) is 5.56 Å². The van der Waals surface area contributed by atoms with E-state index in [9.17, 15) is 4.79 Å². The number of ether oxygens (including phenoxy) is 1. The van der Waals surface area contributed by atoms with Gasteiger partial charge in [0.05, 0.1) is 5.92 Å². The Morgan fingerprint density at radius 3 is 2.39 bits per heavy atom. The number of benzene rings is 1. The van der Waals surface area contributed by atoms with Crippen molar-refractivity contribution in [3.8, 4) is 0 Å². The van der Waals surface area contributed by atoms with Gasteiger partial charge in [0.15, 0.2) is 0 Å². The highest BCUT2D eigenvalue weighted by molar-refractivity contribution is 7.80. The molecule has 0 N–H and O–H groups in total. The van der Waals surface area contributed by atoms with Gasteiger partial charge in [0.1, 0.15) is 6.61 Å². The molecule has 98 valence electrons. The monoisotopic (exact) mass is 264 g/mol. The molecule has 2 nitrogen and oxygen atoms in total. The van der Waals surface area contributed by atoms with E-state index in [2.05, 4.69) is 24.8 Å². The maximum Gasteiger partial charge on any atom is 0.308 e. The van der Waals surface area contributed by atoms with Crippen LogP contribution < -0.4 is 0 Å². The average Bonchev–Trinajstić information content (AvgIpc) is 2.34. The van der Waals surface area contributed by atoms with Gasteiger partial charge in [-0.25, -0.2) is 0 Å². The fraction of sp³-hybridized carbons (Fsp3) is 0.400. The Labute approximate surface area is 114 Å². The van der Waals surface area contributed by atoms with E-state index in [-0.39, 0.29) is 17.1 Å². The van der Waals surface area contributed by atoms with Gasteiger partial charge in [-0.15, -0.1) is 0 Å². The second-order valence-corrected chi connectivity index (χ2v) is 5.30. The average molecular weight is 264 g/mol. The molecule has 0 heterocycles. The van der Waals surface area contributed by atoms with Gasteiger partial charge in [-0.05, 0) is 24.1 Å². The van der Waals surface area contributed by atoms with Crippen LogP contribution in [0.15, 0.2) is 30.3 Å². The molecule has 0 fully saturated rings. The van der Waals surface area contributed by atoms with Crippen LogP contribution in [0.3, 0.4) is 0 Å². The summed E-state index contributed by atoms with van der Waals surface area (Å²) in [5.41, 5.74) is 2.29. The summed E-state index contributed by atoms with van der Waals surface area (Å²) in [5, 5.41) is 0.245. The summed E-state index contributed by atoms with van der Waals surface area (Å²) in [6.45, 7) is 6.01. The van der Waals surface area contributed by atoms with Gasteiger partial charge in [0.25, 0.3) is 0 Å². The van der Waals surface area contributed by atoms with Crippen molar-refractivity contribution in [2.24, 2.45) is 5.92 Å². The highest BCUT2D eigenvalue weighted by Gasteiger charge is 2.05. The molecule has 0 radical (unpaired) electrons. The van der Waals surface area contributed by atoms with E-state index in [1.54, 1.807) is 0 Å². The lowest BCUT2D eigenvalue weighted by molar-refractivity contribution is -0.145. The number of carbonyl (C=O) groups excluding carboxylic acids is 1. The summed E-state index contributed by atoms with van der Waals surface area (Å²) in [7, 11) is 0. The first-order valence-electron chi connectivity index (χ1n) is 6.12. The molecule has 1 unspecified atom stereocenters. The quantitative estimate of drug-likeness (QED) is 0.645. The Hall–Kier alpha value is -1.22. The Balaban J connectivity index is 2.45. The topological polar surface area (TPSA) is 26.3 Å². The Bertz CT molecular complexity index is 405. The molecule has 1 atom stereocenters. The van der Waals surface area contributed by atoms with Gasteiger partial charge >= 0.3 is 5.97 Å². The fourth-order valence-electron chi connectivity index (χ4n) is 1.37. The predicted octanol–water partition coefficient (Wildman–Crippen LogP) is 3.89. The standard InChI is InChI=1S/C15H20O2S/c1-11(2)15(16)17-10-4-5-13-6-8-14(9-7-13)12(3)18/h4-9,11-12,18H,10H2,1-3H3/b5-4+. The zero-order chi connectivity index (χ0) is 13.5. The maximum atomic E-state index is 11.2. The Kier molecular flexibility index (Phi) is 5.99. The molecule has 0 aliphatic rings. The predicted molar refractivity (Wildman–Crippen MR) is 78.7 cm³/mol. The molecule has 1 aromatic carbocycles. The molecule has 1 rings (SSSR count). The molecule has 0 aliphatic carbocycles. The first-order valence-corrected chi connectivity index (χ1v) is 6.63. The number of hydrogen-bond acceptors (Lipinski definition) is 3. The summed E-state index contributed by atoms with van der Waals surface area (Å²) in [5.74, 6) is -0.242. The molecular weight excluding hydrogens is 244 g/mol. The molecule has 0 saturated heterocycles. The third kappa shape index (κ3) is 4.96. The van der Waals surface area contributed by atoms with Crippen LogP contribution in [0, 0.1) is 5.92 Å². The van der Waals surface area contributed by atoms with Crippen LogP contribution in [-0.4, -0.2) is 12.6 Å². The number of hydrogen-bond donors (Lipinski definition) is 1. The summed E-state index contributed by atoms with van der Waals surface area (Å²) in [4.78, 5) is 11.2. The summed E-state index contributed by atoms with van der Waals surface area (Å²) in [6.07, 6.45) is 3.79. The van der Waals surface area contributed by atoms with Crippen molar-refractivity contribution in [3.63, 3.8) is 0 Å². The lowest BCUT2D eigenvalue weighted by atomic mass is 10.1. The minimum Gasteiger partial charge on any atom is -0.461 e. The van der Waals surface area contributed by atoms with Crippen LogP contribution >= 0.6 is 12.6 Å². The number of carbonyl (C=O) groups is 1. The normalized spacial score (nSPS) is 12.9. The van der Waals surface area contributed by atoms with E-state index >= 15 is 0 Å². The van der Waals surface area contributed by atoms with Crippen molar-refractivity contribution in [3.05, 3.63) is 41.5 Å². The van der Waals surface area contributed by atoms with Gasteiger partial charge < -0.3 is 4.74 Å². The molecule has 3 heteroatoms. The SMILES string of the molecule is CC(C)C(=O)OC/C=C/c1ccc(C(C)S)cc1. The zero-order valence-electron chi connectivity index (χ0n) is 11.1. The maximum absolute atomic E-state index is 11.2. The van der Waals surface area contributed by atoms with Gasteiger partial charge in [-0.3, -0.25) is 4.79 Å². The van der Waals surface area contributed by atoms with Crippen molar-refractivity contribution >= 4 is 24.7 Å². The van der Waals surface area contributed by atoms with E-state index in [0.29, 0.717) is 6.61 Å². The smallest absolute Gasteiger partial charge is 0.308 e. The largest absolute Gasteiger partial charge is 0.461 e. The number of esters is 1. The number of thiol groups is 1. The summed E-state index contributed by atoms with van der Waals surface area (Å²) < 4.78 is 5.05. The first kappa shape index (κ1) is 14.8. The molecule has 1 aromatic rings. The second-order valence-electron chi connectivity index (χ2n) is 4.53. The highest BCUT2D eigenvalue weighted by Crippen LogP contribution is 2.19. The van der Waals surface area contributed by atoms with Crippen LogP contribution in [0.2, 0.25) is 0 Å². The molecule has 0 aromatic heterocycles. The van der Waals surface area contributed by atoms with E-state index < -0.39 is 0 Å². The first-order chi connectivity index (χ1) is 8.50. The molecule has 0 bridgehead atoms. The van der Waals surface area contributed by atoms with Crippen LogP contribution in [0.1, 0.15) is 37.1 Å². The second kappa shape index (κ2) is 7.27. The van der Waals surface area contributed by atoms with Crippen LogP contribution in [0.5, 0.6) is 0 Å². The molecule has 0 spiro atoms. The molecule has 18 heavy (non-hydrogen) atoms. The van der Waals surface area contributed by atoms with Crippen molar-refractivity contribution in [1.82, 2.24) is 0 Å². The van der Waals surface area contributed by atoms with Gasteiger partial charge in [-0.2, -0.15) is 12.6 Å². The Morgan fingerprint density at radius 2 is 1.89 bits per heavy atom. The summed E-state index contributed by atoms with van der Waals surface area (Å²) >= 11 is 4.37. The third-order valence-electron chi connectivity index (χ3n) is 2.52. The molecular formula is C15H20O2S. The van der Waals surface area contributed by atoms with Gasteiger partial charge in [0.2, 0.25) is 0 Å². The van der Waals surface area contributed by atoms with Crippen molar-refractivity contribution in [2.75, 3.05) is 6.61 Å². The fourth-order valence-corrected chi connectivity index (χ4v) is 1.54. The van der Waals surface area contributed by atoms with E-state index in [1.165, 1.54) is 5.56 Å². The van der Waals surface area contributed by atoms with Crippen molar-refractivity contribution in [1.29, 1.82) is 0 Å². The summed E-state index contributed by atoms with van der Waals surface area (Å²) in [6, 6.07) is 8.17. The lowest BCUT2D eigenvalue weighted by Gasteiger charge is -2.05. The van der Waals surface area contributed by atoms with Crippen LogP contribution in [0.25, 0.3) is 6.08 Å². The van der Waals surface area contributed by atoms with Crippen molar-refractivity contribution in [2.45, 2.75) is 26.0 Å². The van der Waals surface area contributed by atoms with Crippen molar-refractivity contribution < 1.29 is 9.53 Å². The minimum atomic E-state index is -0.168. The van der Waals surface area contributed by atoms with E-state index in [4.69, 9.17) is 4.74 Å².